The first-order valence-corrected chi connectivity index (χ1v) is 9.63. The number of carbonyl (C=O) groups excluding carboxylic acids is 1. The minimum absolute atomic E-state index is 0.0944. The number of aromatic nitrogens is 1. The molecule has 0 saturated carbocycles. The highest BCUT2D eigenvalue weighted by Crippen LogP contribution is 2.31. The largest absolute Gasteiger partial charge is 0.334 e. The Morgan fingerprint density at radius 1 is 0.889 bits per heavy atom. The van der Waals surface area contributed by atoms with Gasteiger partial charge in [0.2, 0.25) is 5.91 Å². The van der Waals surface area contributed by atoms with Crippen LogP contribution in [0.1, 0.15) is 41.4 Å². The lowest BCUT2D eigenvalue weighted by atomic mass is 10.1. The highest BCUT2D eigenvalue weighted by molar-refractivity contribution is 5.79. The molecule has 3 aromatic rings. The highest BCUT2D eigenvalue weighted by Gasteiger charge is 2.30. The maximum absolute atomic E-state index is 12.9. The van der Waals surface area contributed by atoms with E-state index >= 15 is 0 Å². The Balaban J connectivity index is 1.50. The van der Waals surface area contributed by atoms with Crippen molar-refractivity contribution in [3.05, 3.63) is 101 Å². The first kappa shape index (κ1) is 17.5. The lowest BCUT2D eigenvalue weighted by Gasteiger charge is -2.25. The zero-order valence-electron chi connectivity index (χ0n) is 15.4. The topological polar surface area (TPSA) is 33.2 Å². The summed E-state index contributed by atoms with van der Waals surface area (Å²) in [6.07, 6.45) is 3.30. The van der Waals surface area contributed by atoms with Crippen molar-refractivity contribution in [3.8, 4) is 0 Å². The molecule has 1 aromatic heterocycles. The van der Waals surface area contributed by atoms with E-state index in [0.29, 0.717) is 6.42 Å². The SMILES string of the molecule is O=C(Cc1ccccc1)N1CCC[C@H]1c1cccc(Cc2ccccc2)n1. The van der Waals surface area contributed by atoms with Crippen LogP contribution in [-0.2, 0) is 17.6 Å². The quantitative estimate of drug-likeness (QED) is 0.670. The molecule has 1 fully saturated rings. The number of benzene rings is 2. The van der Waals surface area contributed by atoms with Crippen LogP contribution in [-0.4, -0.2) is 22.3 Å². The van der Waals surface area contributed by atoms with Crippen LogP contribution < -0.4 is 0 Å². The average molecular weight is 356 g/mol. The van der Waals surface area contributed by atoms with Crippen molar-refractivity contribution in [1.82, 2.24) is 9.88 Å². The van der Waals surface area contributed by atoms with E-state index < -0.39 is 0 Å². The van der Waals surface area contributed by atoms with Gasteiger partial charge in [0, 0.05) is 18.7 Å². The predicted octanol–water partition coefficient (Wildman–Crippen LogP) is 4.58. The Kier molecular flexibility index (Phi) is 5.29. The molecule has 3 heteroatoms. The highest BCUT2D eigenvalue weighted by atomic mass is 16.2. The van der Waals surface area contributed by atoms with Gasteiger partial charge in [-0.3, -0.25) is 9.78 Å². The predicted molar refractivity (Wildman–Crippen MR) is 107 cm³/mol. The molecule has 0 radical (unpaired) electrons. The summed E-state index contributed by atoms with van der Waals surface area (Å²) in [4.78, 5) is 19.8. The molecule has 27 heavy (non-hydrogen) atoms. The number of hydrogen-bond acceptors (Lipinski definition) is 2. The lowest BCUT2D eigenvalue weighted by molar-refractivity contribution is -0.131. The van der Waals surface area contributed by atoms with Crippen molar-refractivity contribution in [2.45, 2.75) is 31.7 Å². The average Bonchev–Trinajstić information content (AvgIpc) is 3.20. The number of rotatable bonds is 5. The van der Waals surface area contributed by atoms with Crippen LogP contribution in [0.3, 0.4) is 0 Å². The second-order valence-electron chi connectivity index (χ2n) is 7.12. The first-order chi connectivity index (χ1) is 13.3. The molecule has 0 N–H and O–H groups in total. The van der Waals surface area contributed by atoms with Gasteiger partial charge in [0.1, 0.15) is 0 Å². The number of hydrogen-bond donors (Lipinski definition) is 0. The van der Waals surface area contributed by atoms with E-state index in [9.17, 15) is 4.79 Å². The maximum Gasteiger partial charge on any atom is 0.227 e. The fraction of sp³-hybridized carbons (Fsp3) is 0.250. The summed E-state index contributed by atoms with van der Waals surface area (Å²) >= 11 is 0. The van der Waals surface area contributed by atoms with Crippen molar-refractivity contribution in [2.24, 2.45) is 0 Å². The molecule has 2 heterocycles. The van der Waals surface area contributed by atoms with Gasteiger partial charge in [-0.25, -0.2) is 0 Å². The molecule has 1 amide bonds. The molecule has 2 aromatic carbocycles. The summed E-state index contributed by atoms with van der Waals surface area (Å²) in [5.41, 5.74) is 4.40. The van der Waals surface area contributed by atoms with Gasteiger partial charge in [0.25, 0.3) is 0 Å². The molecule has 0 spiro atoms. The molecule has 0 unspecified atom stereocenters. The summed E-state index contributed by atoms with van der Waals surface area (Å²) < 4.78 is 0. The van der Waals surface area contributed by atoms with Crippen LogP contribution in [0.5, 0.6) is 0 Å². The van der Waals surface area contributed by atoms with E-state index in [1.807, 2.05) is 41.3 Å². The summed E-state index contributed by atoms with van der Waals surface area (Å²) in [5.74, 6) is 0.193. The molecule has 3 nitrogen and oxygen atoms in total. The van der Waals surface area contributed by atoms with Gasteiger partial charge in [-0.1, -0.05) is 66.7 Å². The van der Waals surface area contributed by atoms with Crippen LogP contribution in [0.2, 0.25) is 0 Å². The molecule has 136 valence electrons. The lowest BCUT2D eigenvalue weighted by Crippen LogP contribution is -2.32. The van der Waals surface area contributed by atoms with E-state index in [-0.39, 0.29) is 11.9 Å². The second-order valence-corrected chi connectivity index (χ2v) is 7.12. The van der Waals surface area contributed by atoms with E-state index in [0.717, 1.165) is 42.8 Å². The van der Waals surface area contributed by atoms with Gasteiger partial charge < -0.3 is 4.90 Å². The minimum Gasteiger partial charge on any atom is -0.334 e. The molecular weight excluding hydrogens is 332 g/mol. The number of pyridine rings is 1. The Labute approximate surface area is 160 Å². The third kappa shape index (κ3) is 4.25. The zero-order chi connectivity index (χ0) is 18.5. The molecule has 0 bridgehead atoms. The van der Waals surface area contributed by atoms with Gasteiger partial charge in [-0.2, -0.15) is 0 Å². The third-order valence-corrected chi connectivity index (χ3v) is 5.17. The van der Waals surface area contributed by atoms with Crippen molar-refractivity contribution >= 4 is 5.91 Å². The van der Waals surface area contributed by atoms with Crippen molar-refractivity contribution in [1.29, 1.82) is 0 Å². The van der Waals surface area contributed by atoms with E-state index in [2.05, 4.69) is 42.5 Å². The van der Waals surface area contributed by atoms with Gasteiger partial charge in [-0.05, 0) is 36.1 Å². The molecule has 1 aliphatic rings. The fourth-order valence-corrected chi connectivity index (χ4v) is 3.83. The van der Waals surface area contributed by atoms with Crippen LogP contribution in [0.15, 0.2) is 78.9 Å². The number of amides is 1. The normalized spacial score (nSPS) is 16.4. The van der Waals surface area contributed by atoms with Gasteiger partial charge >= 0.3 is 0 Å². The number of nitrogens with zero attached hydrogens (tertiary/aromatic N) is 2. The van der Waals surface area contributed by atoms with E-state index in [1.54, 1.807) is 0 Å². The van der Waals surface area contributed by atoms with Crippen LogP contribution in [0.25, 0.3) is 0 Å². The number of carbonyl (C=O) groups is 1. The Bertz CT molecular complexity index is 893. The summed E-state index contributed by atoms with van der Waals surface area (Å²) in [6, 6.07) is 26.7. The standard InChI is InChI=1S/C24H24N2O/c27-24(18-20-11-5-2-6-12-20)26-16-8-15-23(26)22-14-7-13-21(25-22)17-19-9-3-1-4-10-19/h1-7,9-14,23H,8,15-18H2/t23-/m0/s1. The Hall–Kier alpha value is -2.94. The van der Waals surface area contributed by atoms with Gasteiger partial charge in [0.15, 0.2) is 0 Å². The van der Waals surface area contributed by atoms with Gasteiger partial charge in [0.05, 0.1) is 18.2 Å². The van der Waals surface area contributed by atoms with Gasteiger partial charge in [-0.15, -0.1) is 0 Å². The van der Waals surface area contributed by atoms with E-state index in [4.69, 9.17) is 4.98 Å². The minimum atomic E-state index is 0.0944. The molecular formula is C24H24N2O. The molecule has 1 atom stereocenters. The molecule has 4 rings (SSSR count). The summed E-state index contributed by atoms with van der Waals surface area (Å²) in [7, 11) is 0. The Morgan fingerprint density at radius 3 is 2.33 bits per heavy atom. The maximum atomic E-state index is 12.9. The Morgan fingerprint density at radius 2 is 1.59 bits per heavy atom. The van der Waals surface area contributed by atoms with Crippen LogP contribution in [0, 0.1) is 0 Å². The van der Waals surface area contributed by atoms with Crippen molar-refractivity contribution < 1.29 is 4.79 Å². The summed E-state index contributed by atoms with van der Waals surface area (Å²) in [5, 5.41) is 0. The monoisotopic (exact) mass is 356 g/mol. The fourth-order valence-electron chi connectivity index (χ4n) is 3.83. The van der Waals surface area contributed by atoms with E-state index in [1.165, 1.54) is 5.56 Å². The smallest absolute Gasteiger partial charge is 0.227 e. The van der Waals surface area contributed by atoms with Crippen molar-refractivity contribution in [3.63, 3.8) is 0 Å². The van der Waals surface area contributed by atoms with Crippen molar-refractivity contribution in [2.75, 3.05) is 6.54 Å². The van der Waals surface area contributed by atoms with Crippen LogP contribution in [0.4, 0.5) is 0 Å². The first-order valence-electron chi connectivity index (χ1n) is 9.63. The third-order valence-electron chi connectivity index (χ3n) is 5.17. The molecule has 1 saturated heterocycles. The molecule has 1 aliphatic heterocycles. The zero-order valence-corrected chi connectivity index (χ0v) is 15.4. The summed E-state index contributed by atoms with van der Waals surface area (Å²) in [6.45, 7) is 0.820. The number of likely N-dealkylation sites (tertiary alicyclic amines) is 1. The van der Waals surface area contributed by atoms with Crippen LogP contribution >= 0.6 is 0 Å². The second kappa shape index (κ2) is 8.17. The molecule has 0 aliphatic carbocycles.